The smallest absolute Gasteiger partial charge is 0.245 e. The molecule has 0 saturated heterocycles. The van der Waals surface area contributed by atoms with Gasteiger partial charge in [0.05, 0.1) is 0 Å². The van der Waals surface area contributed by atoms with E-state index in [1.54, 1.807) is 17.9 Å². The van der Waals surface area contributed by atoms with Crippen LogP contribution in [0.5, 0.6) is 0 Å². The van der Waals surface area contributed by atoms with E-state index in [9.17, 15) is 9.59 Å². The number of carbonyl (C=O) groups is 2. The molecule has 0 bridgehead atoms. The van der Waals surface area contributed by atoms with Crippen LogP contribution in [-0.4, -0.2) is 29.3 Å². The van der Waals surface area contributed by atoms with E-state index >= 15 is 0 Å². The fraction of sp³-hybridized carbons (Fsp3) is 0.529. The first-order chi connectivity index (χ1) is 10.2. The predicted molar refractivity (Wildman–Crippen MR) is 89.6 cm³/mol. The van der Waals surface area contributed by atoms with Crippen molar-refractivity contribution in [3.8, 4) is 0 Å². The molecule has 0 radical (unpaired) electrons. The molecule has 0 aliphatic carbocycles. The van der Waals surface area contributed by atoms with Gasteiger partial charge in [-0.05, 0) is 25.5 Å². The molecule has 0 aromatic heterocycles. The molecule has 4 nitrogen and oxygen atoms in total. The molecule has 0 heterocycles. The maximum absolute atomic E-state index is 12.5. The van der Waals surface area contributed by atoms with Crippen molar-refractivity contribution in [2.45, 2.75) is 47.2 Å². The van der Waals surface area contributed by atoms with Gasteiger partial charge in [-0.1, -0.05) is 50.6 Å². The van der Waals surface area contributed by atoms with Gasteiger partial charge in [-0.3, -0.25) is 9.59 Å². The Kier molecular flexibility index (Phi) is 6.42. The molecule has 5 heteroatoms. The van der Waals surface area contributed by atoms with E-state index in [0.717, 1.165) is 5.56 Å². The van der Waals surface area contributed by atoms with E-state index in [0.29, 0.717) is 18.1 Å². The maximum Gasteiger partial charge on any atom is 0.245 e. The van der Waals surface area contributed by atoms with E-state index < -0.39 is 11.5 Å². The number of carbonyl (C=O) groups excluding carboxylic acids is 2. The number of hydrogen-bond donors (Lipinski definition) is 1. The van der Waals surface area contributed by atoms with Crippen LogP contribution < -0.4 is 5.32 Å². The zero-order valence-electron chi connectivity index (χ0n) is 13.9. The third-order valence-electron chi connectivity index (χ3n) is 3.41. The minimum Gasteiger partial charge on any atom is -0.344 e. The summed E-state index contributed by atoms with van der Waals surface area (Å²) in [4.78, 5) is 26.2. The Morgan fingerprint density at radius 3 is 2.36 bits per heavy atom. The highest BCUT2D eigenvalue weighted by Crippen LogP contribution is 2.18. The lowest BCUT2D eigenvalue weighted by atomic mass is 9.95. The van der Waals surface area contributed by atoms with E-state index in [2.05, 4.69) is 5.32 Å². The number of nitrogens with one attached hydrogen (secondary N) is 1. The Labute approximate surface area is 137 Å². The molecule has 2 amide bonds. The average molecular weight is 325 g/mol. The van der Waals surface area contributed by atoms with Gasteiger partial charge in [0.15, 0.2) is 0 Å². The molecule has 0 aliphatic heterocycles. The number of benzene rings is 1. The van der Waals surface area contributed by atoms with E-state index in [1.807, 2.05) is 45.9 Å². The van der Waals surface area contributed by atoms with Crippen LogP contribution >= 0.6 is 11.6 Å². The number of hydrogen-bond acceptors (Lipinski definition) is 2. The zero-order chi connectivity index (χ0) is 16.9. The third-order valence-corrected chi connectivity index (χ3v) is 3.78. The van der Waals surface area contributed by atoms with E-state index in [-0.39, 0.29) is 11.8 Å². The lowest BCUT2D eigenvalue weighted by Gasteiger charge is -2.27. The Morgan fingerprint density at radius 1 is 1.27 bits per heavy atom. The van der Waals surface area contributed by atoms with Gasteiger partial charge in [-0.2, -0.15) is 0 Å². The van der Waals surface area contributed by atoms with Crippen molar-refractivity contribution < 1.29 is 9.59 Å². The first-order valence-corrected chi connectivity index (χ1v) is 7.87. The summed E-state index contributed by atoms with van der Waals surface area (Å²) in [6, 6.07) is 6.89. The third kappa shape index (κ3) is 5.02. The van der Waals surface area contributed by atoms with Gasteiger partial charge in [0.2, 0.25) is 11.8 Å². The summed E-state index contributed by atoms with van der Waals surface area (Å²) in [6.45, 7) is 10.1. The highest BCUT2D eigenvalue weighted by molar-refractivity contribution is 6.31. The Balaban J connectivity index is 2.76. The summed E-state index contributed by atoms with van der Waals surface area (Å²) in [5, 5.41) is 3.41. The van der Waals surface area contributed by atoms with Gasteiger partial charge < -0.3 is 10.2 Å². The molecule has 1 unspecified atom stereocenters. The molecule has 1 aromatic rings. The zero-order valence-corrected chi connectivity index (χ0v) is 14.7. The Morgan fingerprint density at radius 2 is 1.86 bits per heavy atom. The van der Waals surface area contributed by atoms with Crippen LogP contribution in [0.25, 0.3) is 0 Å². The summed E-state index contributed by atoms with van der Waals surface area (Å²) in [7, 11) is 0. The van der Waals surface area contributed by atoms with Crippen LogP contribution in [0.1, 0.15) is 40.2 Å². The SMILES string of the molecule is CCN(Cc1ccccc1Cl)C(=O)C(C)NC(=O)C(C)(C)C. The summed E-state index contributed by atoms with van der Waals surface area (Å²) in [5.74, 6) is -0.248. The minimum atomic E-state index is -0.561. The lowest BCUT2D eigenvalue weighted by molar-refractivity contribution is -0.138. The van der Waals surface area contributed by atoms with Crippen LogP contribution in [0.2, 0.25) is 5.02 Å². The fourth-order valence-electron chi connectivity index (χ4n) is 1.93. The van der Waals surface area contributed by atoms with E-state index in [4.69, 9.17) is 11.6 Å². The molecule has 1 N–H and O–H groups in total. The Bertz CT molecular complexity index is 538. The van der Waals surface area contributed by atoms with Gasteiger partial charge in [-0.15, -0.1) is 0 Å². The second kappa shape index (κ2) is 7.63. The minimum absolute atomic E-state index is 0.111. The highest BCUT2D eigenvalue weighted by atomic mass is 35.5. The quantitative estimate of drug-likeness (QED) is 0.904. The van der Waals surface area contributed by atoms with Crippen LogP contribution in [-0.2, 0) is 16.1 Å². The van der Waals surface area contributed by atoms with Gasteiger partial charge in [0.25, 0.3) is 0 Å². The number of rotatable bonds is 5. The van der Waals surface area contributed by atoms with Crippen molar-refractivity contribution in [3.05, 3.63) is 34.9 Å². The first kappa shape index (κ1) is 18.5. The number of likely N-dealkylation sites (N-methyl/N-ethyl adjacent to an activating group) is 1. The molecule has 1 rings (SSSR count). The first-order valence-electron chi connectivity index (χ1n) is 7.50. The normalized spacial score (nSPS) is 12.6. The van der Waals surface area contributed by atoms with Crippen molar-refractivity contribution >= 4 is 23.4 Å². The van der Waals surface area contributed by atoms with Gasteiger partial charge >= 0.3 is 0 Å². The molecule has 0 fully saturated rings. The summed E-state index contributed by atoms with van der Waals surface area (Å²) in [6.07, 6.45) is 0. The van der Waals surface area contributed by atoms with Crippen LogP contribution in [0.15, 0.2) is 24.3 Å². The number of halogens is 1. The largest absolute Gasteiger partial charge is 0.344 e. The number of amides is 2. The molecule has 22 heavy (non-hydrogen) atoms. The average Bonchev–Trinajstić information content (AvgIpc) is 2.44. The molecule has 0 saturated carbocycles. The van der Waals surface area contributed by atoms with Crippen molar-refractivity contribution in [1.82, 2.24) is 10.2 Å². The van der Waals surface area contributed by atoms with Gasteiger partial charge in [-0.25, -0.2) is 0 Å². The van der Waals surface area contributed by atoms with Crippen molar-refractivity contribution in [2.24, 2.45) is 5.41 Å². The van der Waals surface area contributed by atoms with Gasteiger partial charge in [0, 0.05) is 23.5 Å². The molecule has 1 aromatic carbocycles. The molecule has 122 valence electrons. The molecular weight excluding hydrogens is 300 g/mol. The predicted octanol–water partition coefficient (Wildman–Crippen LogP) is 3.24. The summed E-state index contributed by atoms with van der Waals surface area (Å²) < 4.78 is 0. The summed E-state index contributed by atoms with van der Waals surface area (Å²) >= 11 is 6.15. The molecule has 1 atom stereocenters. The summed E-state index contributed by atoms with van der Waals surface area (Å²) in [5.41, 5.74) is 0.377. The number of nitrogens with zero attached hydrogens (tertiary/aromatic N) is 1. The highest BCUT2D eigenvalue weighted by Gasteiger charge is 2.27. The van der Waals surface area contributed by atoms with Crippen LogP contribution in [0, 0.1) is 5.41 Å². The second-order valence-corrected chi connectivity index (χ2v) is 6.80. The topological polar surface area (TPSA) is 49.4 Å². The second-order valence-electron chi connectivity index (χ2n) is 6.39. The van der Waals surface area contributed by atoms with Crippen molar-refractivity contribution in [3.63, 3.8) is 0 Å². The maximum atomic E-state index is 12.5. The van der Waals surface area contributed by atoms with Crippen LogP contribution in [0.4, 0.5) is 0 Å². The lowest BCUT2D eigenvalue weighted by Crippen LogP contribution is -2.49. The Hall–Kier alpha value is -1.55. The molecule has 0 spiro atoms. The standard InChI is InChI=1S/C17H25ClN2O2/c1-6-20(11-13-9-7-8-10-14(13)18)15(21)12(2)19-16(22)17(3,4)5/h7-10,12H,6,11H2,1-5H3,(H,19,22). The van der Waals surface area contributed by atoms with Crippen molar-refractivity contribution in [1.29, 1.82) is 0 Å². The molecular formula is C17H25ClN2O2. The molecule has 0 aliphatic rings. The van der Waals surface area contributed by atoms with E-state index in [1.165, 1.54) is 0 Å². The van der Waals surface area contributed by atoms with Crippen LogP contribution in [0.3, 0.4) is 0 Å². The van der Waals surface area contributed by atoms with Crippen molar-refractivity contribution in [2.75, 3.05) is 6.54 Å². The van der Waals surface area contributed by atoms with Gasteiger partial charge in [0.1, 0.15) is 6.04 Å². The fourth-order valence-corrected chi connectivity index (χ4v) is 2.12. The monoisotopic (exact) mass is 324 g/mol.